The molecule has 0 aliphatic rings. The number of aliphatic hydroxyl groups excluding tert-OH is 1. The van der Waals surface area contributed by atoms with Crippen molar-refractivity contribution in [3.8, 4) is 0 Å². The molecule has 0 heterocycles. The average molecular weight is 513 g/mol. The fourth-order valence-corrected chi connectivity index (χ4v) is 3.82. The summed E-state index contributed by atoms with van der Waals surface area (Å²) in [4.78, 5) is 12.7. The van der Waals surface area contributed by atoms with Gasteiger partial charge in [-0.3, -0.25) is 0 Å². The van der Waals surface area contributed by atoms with Gasteiger partial charge in [0.25, 0.3) is 5.95 Å². The minimum atomic E-state index is -1.15. The third-order valence-corrected chi connectivity index (χ3v) is 6.15. The van der Waals surface area contributed by atoms with Crippen molar-refractivity contribution in [3.05, 3.63) is 125 Å². The maximum absolute atomic E-state index is 12.7. The van der Waals surface area contributed by atoms with Crippen molar-refractivity contribution >= 4 is 24.2 Å². The molecule has 3 aromatic rings. The minimum Gasteiger partial charge on any atom is -0.466 e. The van der Waals surface area contributed by atoms with Gasteiger partial charge in [0.1, 0.15) is 17.8 Å². The highest BCUT2D eigenvalue weighted by molar-refractivity contribution is 5.90. The van der Waals surface area contributed by atoms with Crippen molar-refractivity contribution in [1.82, 2.24) is 0 Å². The van der Waals surface area contributed by atoms with Gasteiger partial charge in [-0.05, 0) is 67.6 Å². The van der Waals surface area contributed by atoms with Gasteiger partial charge in [-0.1, -0.05) is 86.0 Å². The largest absolute Gasteiger partial charge is 0.466 e. The molecule has 3 aromatic carbocycles. The first-order chi connectivity index (χ1) is 18.2. The normalized spacial score (nSPS) is 13.2. The van der Waals surface area contributed by atoms with Crippen LogP contribution in [0.3, 0.4) is 0 Å². The zero-order valence-electron chi connectivity index (χ0n) is 22.5. The van der Waals surface area contributed by atoms with Gasteiger partial charge in [-0.2, -0.15) is 0 Å². The lowest BCUT2D eigenvalue weighted by molar-refractivity contribution is -0.0703. The second-order valence-electron chi connectivity index (χ2n) is 9.42. The number of rotatable bonds is 12. The van der Waals surface area contributed by atoms with E-state index in [1.807, 2.05) is 56.3 Å². The first kappa shape index (κ1) is 28.5. The van der Waals surface area contributed by atoms with Gasteiger partial charge < -0.3 is 19.3 Å². The van der Waals surface area contributed by atoms with Crippen molar-refractivity contribution in [2.24, 2.45) is 0 Å². The van der Waals surface area contributed by atoms with Crippen LogP contribution in [0.2, 0.25) is 0 Å². The SMILES string of the molecule is C=Cc1ccc(C(=O)OC(C)(C)C(O)c2ccc(C=C(OCC)OC(C)c3ccc(C=C)cc3)cc2)cc1. The molecule has 2 unspecified atom stereocenters. The maximum Gasteiger partial charge on any atom is 0.338 e. The molecule has 0 saturated carbocycles. The van der Waals surface area contributed by atoms with Gasteiger partial charge >= 0.3 is 5.97 Å². The number of hydrogen-bond donors (Lipinski definition) is 1. The topological polar surface area (TPSA) is 65.0 Å². The van der Waals surface area contributed by atoms with Gasteiger partial charge in [0.2, 0.25) is 0 Å². The Morgan fingerprint density at radius 3 is 1.89 bits per heavy atom. The second kappa shape index (κ2) is 12.9. The van der Waals surface area contributed by atoms with E-state index in [2.05, 4.69) is 13.2 Å². The molecule has 0 aliphatic heterocycles. The van der Waals surface area contributed by atoms with E-state index in [0.29, 0.717) is 23.7 Å². The molecule has 0 saturated heterocycles. The molecule has 0 amide bonds. The number of esters is 1. The van der Waals surface area contributed by atoms with Crippen LogP contribution in [0.25, 0.3) is 18.2 Å². The van der Waals surface area contributed by atoms with Crippen molar-refractivity contribution in [3.63, 3.8) is 0 Å². The molecule has 0 bridgehead atoms. The molecule has 1 N–H and O–H groups in total. The minimum absolute atomic E-state index is 0.212. The van der Waals surface area contributed by atoms with Crippen LogP contribution in [0, 0.1) is 0 Å². The summed E-state index contributed by atoms with van der Waals surface area (Å²) in [5.74, 6) is -0.103. The summed E-state index contributed by atoms with van der Waals surface area (Å²) in [5.41, 5.74) is 3.70. The Morgan fingerprint density at radius 2 is 1.37 bits per heavy atom. The predicted molar refractivity (Wildman–Crippen MR) is 153 cm³/mol. The van der Waals surface area contributed by atoms with E-state index in [9.17, 15) is 9.90 Å². The van der Waals surface area contributed by atoms with Gasteiger partial charge in [0.05, 0.1) is 12.2 Å². The lowest BCUT2D eigenvalue weighted by Crippen LogP contribution is -2.35. The predicted octanol–water partition coefficient (Wildman–Crippen LogP) is 7.75. The van der Waals surface area contributed by atoms with Crippen LogP contribution in [0.1, 0.15) is 78.1 Å². The fraction of sp³-hybridized carbons (Fsp3) is 0.242. The third-order valence-electron chi connectivity index (χ3n) is 6.15. The summed E-state index contributed by atoms with van der Waals surface area (Å²) < 4.78 is 17.5. The van der Waals surface area contributed by atoms with Crippen molar-refractivity contribution in [2.75, 3.05) is 6.61 Å². The number of hydrogen-bond acceptors (Lipinski definition) is 5. The molecule has 0 aliphatic carbocycles. The van der Waals surface area contributed by atoms with Crippen LogP contribution in [-0.4, -0.2) is 23.3 Å². The number of carbonyl (C=O) groups is 1. The maximum atomic E-state index is 12.7. The summed E-state index contributed by atoms with van der Waals surface area (Å²) in [6, 6.07) is 22.2. The number of benzene rings is 3. The first-order valence-corrected chi connectivity index (χ1v) is 12.6. The van der Waals surface area contributed by atoms with Crippen molar-refractivity contribution < 1.29 is 24.1 Å². The highest BCUT2D eigenvalue weighted by Crippen LogP contribution is 2.31. The van der Waals surface area contributed by atoms with Gasteiger partial charge in [-0.15, -0.1) is 0 Å². The second-order valence-corrected chi connectivity index (χ2v) is 9.42. The van der Waals surface area contributed by atoms with E-state index in [1.54, 1.807) is 62.4 Å². The summed E-state index contributed by atoms with van der Waals surface area (Å²) in [6.45, 7) is 15.2. The van der Waals surface area contributed by atoms with Gasteiger partial charge in [0.15, 0.2) is 0 Å². The number of carbonyl (C=O) groups excluding carboxylic acids is 1. The fourth-order valence-electron chi connectivity index (χ4n) is 3.82. The molecule has 5 heteroatoms. The van der Waals surface area contributed by atoms with Gasteiger partial charge in [-0.25, -0.2) is 4.79 Å². The van der Waals surface area contributed by atoms with E-state index in [0.717, 1.165) is 22.3 Å². The van der Waals surface area contributed by atoms with Crippen LogP contribution < -0.4 is 0 Å². The molecule has 0 radical (unpaired) electrons. The van der Waals surface area contributed by atoms with Gasteiger partial charge in [0, 0.05) is 6.08 Å². The van der Waals surface area contributed by atoms with Crippen LogP contribution in [0.15, 0.2) is 91.9 Å². The Balaban J connectivity index is 1.69. The molecular weight excluding hydrogens is 476 g/mol. The molecule has 0 aromatic heterocycles. The van der Waals surface area contributed by atoms with E-state index in [-0.39, 0.29) is 6.10 Å². The summed E-state index contributed by atoms with van der Waals surface area (Å²) >= 11 is 0. The van der Waals surface area contributed by atoms with Crippen LogP contribution in [-0.2, 0) is 14.2 Å². The Bertz CT molecular complexity index is 1250. The molecule has 0 spiro atoms. The van der Waals surface area contributed by atoms with Crippen LogP contribution in [0.4, 0.5) is 0 Å². The lowest BCUT2D eigenvalue weighted by Gasteiger charge is -2.30. The Morgan fingerprint density at radius 1 is 0.868 bits per heavy atom. The van der Waals surface area contributed by atoms with E-state index < -0.39 is 17.7 Å². The molecular formula is C33H36O5. The first-order valence-electron chi connectivity index (χ1n) is 12.6. The van der Waals surface area contributed by atoms with E-state index in [4.69, 9.17) is 14.2 Å². The standard InChI is InChI=1S/C33H36O5/c1-7-24-10-16-27(17-11-24)23(4)37-30(36-9-3)22-26-14-18-28(19-15-26)31(34)33(5,6)38-32(35)29-20-12-25(8-2)13-21-29/h7-8,10-23,31,34H,1-2,9H2,3-6H3. The average Bonchev–Trinajstić information content (AvgIpc) is 2.93. The molecule has 2 atom stereocenters. The zero-order chi connectivity index (χ0) is 27.7. The van der Waals surface area contributed by atoms with Crippen molar-refractivity contribution in [1.29, 1.82) is 0 Å². The van der Waals surface area contributed by atoms with E-state index >= 15 is 0 Å². The summed E-state index contributed by atoms with van der Waals surface area (Å²) in [5, 5.41) is 11.0. The molecule has 38 heavy (non-hydrogen) atoms. The quantitative estimate of drug-likeness (QED) is 0.198. The Kier molecular flexibility index (Phi) is 9.69. The Hall–Kier alpha value is -4.09. The Labute approximate surface area is 225 Å². The highest BCUT2D eigenvalue weighted by atomic mass is 16.7. The van der Waals surface area contributed by atoms with Crippen molar-refractivity contribution in [2.45, 2.75) is 45.5 Å². The molecule has 5 nitrogen and oxygen atoms in total. The van der Waals surface area contributed by atoms with Crippen LogP contribution >= 0.6 is 0 Å². The van der Waals surface area contributed by atoms with Crippen LogP contribution in [0.5, 0.6) is 0 Å². The zero-order valence-corrected chi connectivity index (χ0v) is 22.5. The number of aliphatic hydroxyl groups is 1. The molecule has 3 rings (SSSR count). The third kappa shape index (κ3) is 7.46. The summed E-state index contributed by atoms with van der Waals surface area (Å²) in [7, 11) is 0. The summed E-state index contributed by atoms with van der Waals surface area (Å²) in [6.07, 6.45) is 4.07. The van der Waals surface area contributed by atoms with E-state index in [1.165, 1.54) is 0 Å². The monoisotopic (exact) mass is 512 g/mol. The number of ether oxygens (including phenoxy) is 3. The smallest absolute Gasteiger partial charge is 0.338 e. The highest BCUT2D eigenvalue weighted by Gasteiger charge is 2.33. The molecule has 198 valence electrons. The lowest BCUT2D eigenvalue weighted by atomic mass is 9.93. The molecule has 0 fully saturated rings.